The van der Waals surface area contributed by atoms with Crippen LogP contribution in [-0.2, 0) is 20.5 Å². The van der Waals surface area contributed by atoms with E-state index in [0.717, 1.165) is 12.3 Å². The summed E-state index contributed by atoms with van der Waals surface area (Å²) >= 11 is 0. The number of nitrogens with zero attached hydrogens (tertiary/aromatic N) is 3. The normalized spacial score (nSPS) is 20.6. The molecule has 2 aliphatic rings. The minimum atomic E-state index is -3.99. The van der Waals surface area contributed by atoms with Crippen LogP contribution in [-0.4, -0.2) is 73.4 Å². The van der Waals surface area contributed by atoms with Gasteiger partial charge < -0.3 is 14.7 Å². The van der Waals surface area contributed by atoms with Gasteiger partial charge in [0, 0.05) is 31.7 Å². The lowest BCUT2D eigenvalue weighted by atomic mass is 9.95. The number of carbonyl (C=O) groups is 1. The van der Waals surface area contributed by atoms with Crippen molar-refractivity contribution >= 4 is 15.9 Å². The van der Waals surface area contributed by atoms with Crippen molar-refractivity contribution in [3.05, 3.63) is 65.4 Å². The van der Waals surface area contributed by atoms with Crippen LogP contribution in [0.25, 0.3) is 0 Å². The van der Waals surface area contributed by atoms with Crippen LogP contribution in [0.1, 0.15) is 9.68 Å². The lowest BCUT2D eigenvalue weighted by Gasteiger charge is -2.29. The van der Waals surface area contributed by atoms with Crippen LogP contribution in [0.2, 0.25) is 0 Å². The van der Waals surface area contributed by atoms with E-state index in [1.54, 1.807) is 18.2 Å². The smallest absolute Gasteiger partial charge is 0.267 e. The third kappa shape index (κ3) is 3.71. The maximum atomic E-state index is 15.5. The molecule has 4 rings (SSSR count). The minimum Gasteiger partial charge on any atom is -0.495 e. The van der Waals surface area contributed by atoms with Crippen molar-refractivity contribution in [3.63, 3.8) is 0 Å². The van der Waals surface area contributed by atoms with Crippen LogP contribution in [0.3, 0.4) is 0 Å². The molecule has 31 heavy (non-hydrogen) atoms. The third-order valence-corrected chi connectivity index (χ3v) is 7.21. The van der Waals surface area contributed by atoms with Crippen molar-refractivity contribution in [2.24, 2.45) is 0 Å². The van der Waals surface area contributed by atoms with E-state index >= 15 is 4.39 Å². The van der Waals surface area contributed by atoms with Crippen LogP contribution in [0, 0.1) is 0 Å². The zero-order valence-electron chi connectivity index (χ0n) is 19.4. The average Bonchev–Trinajstić information content (AvgIpc) is 3.38. The molecule has 2 aromatic rings. The zero-order chi connectivity index (χ0) is 24.7. The Bertz CT molecular complexity index is 1200. The average molecular weight is 451 g/mol. The summed E-state index contributed by atoms with van der Waals surface area (Å²) in [4.78, 5) is 18.0. The number of aliphatic hydroxyl groups is 1. The van der Waals surface area contributed by atoms with Crippen molar-refractivity contribution in [1.29, 1.82) is 0 Å². The van der Waals surface area contributed by atoms with Crippen LogP contribution in [0.5, 0.6) is 5.75 Å². The van der Waals surface area contributed by atoms with Crippen LogP contribution in [0.15, 0.2) is 64.8 Å². The predicted molar refractivity (Wildman–Crippen MR) is 109 cm³/mol. The molecule has 0 saturated heterocycles. The quantitative estimate of drug-likeness (QED) is 0.662. The number of pyridine rings is 1. The lowest BCUT2D eigenvalue weighted by molar-refractivity contribution is -0.146. The molecule has 0 aliphatic carbocycles. The number of halogens is 1. The maximum Gasteiger partial charge on any atom is 0.267 e. The van der Waals surface area contributed by atoms with Crippen LogP contribution >= 0.6 is 0 Å². The number of carbonyl (C=O) groups excluding carboxylic acids is 1. The second-order valence-corrected chi connectivity index (χ2v) is 9.29. The molecular formula is C21H22FN3O5S. The summed E-state index contributed by atoms with van der Waals surface area (Å²) in [5.74, 6) is -0.969. The molecule has 8 nitrogen and oxygen atoms in total. The first-order valence-corrected chi connectivity index (χ1v) is 10.9. The largest absolute Gasteiger partial charge is 0.495 e. The number of rotatable bonds is 6. The SMILES string of the molecule is [2H]C([2H])([2H])Oc1ccc(S(=O)(=O)N2CC3=C(CN(C(=O)[C@](F)(CO)c4ccccc4)C3)C2)nc1. The number of alkyl halides is 1. The van der Waals surface area contributed by atoms with Gasteiger partial charge in [-0.15, -0.1) is 0 Å². The molecule has 10 heteroatoms. The first-order chi connectivity index (χ1) is 15.9. The molecule has 1 amide bonds. The van der Waals surface area contributed by atoms with E-state index in [1.807, 2.05) is 0 Å². The minimum absolute atomic E-state index is 0.0143. The highest BCUT2D eigenvalue weighted by molar-refractivity contribution is 7.89. The number of amides is 1. The summed E-state index contributed by atoms with van der Waals surface area (Å²) < 4.78 is 68.6. The van der Waals surface area contributed by atoms with Gasteiger partial charge in [-0.05, 0) is 23.3 Å². The molecular weight excluding hydrogens is 425 g/mol. The number of aliphatic hydroxyl groups excluding tert-OH is 1. The van der Waals surface area contributed by atoms with Gasteiger partial charge in [-0.25, -0.2) is 17.8 Å². The first-order valence-electron chi connectivity index (χ1n) is 10.9. The fraction of sp³-hybridized carbons (Fsp3) is 0.333. The number of hydrogen-bond acceptors (Lipinski definition) is 6. The standard InChI is InChI=1S/C21H22FN3O5S/c1-30-18-7-8-19(23-9-18)31(28,29)25-12-15-10-24(11-16(15)13-25)20(27)21(22,14-26)17-5-3-2-4-6-17/h2-9,26H,10-14H2,1H3/t21-/m0/s1/i1D3. The second kappa shape index (κ2) is 8.03. The van der Waals surface area contributed by atoms with E-state index < -0.39 is 35.2 Å². The Morgan fingerprint density at radius 1 is 1.19 bits per heavy atom. The topological polar surface area (TPSA) is 100 Å². The number of aromatic nitrogens is 1. The fourth-order valence-electron chi connectivity index (χ4n) is 3.81. The number of benzene rings is 1. The molecule has 0 bridgehead atoms. The van der Waals surface area contributed by atoms with E-state index in [4.69, 9.17) is 8.85 Å². The van der Waals surface area contributed by atoms with Crippen LogP contribution in [0.4, 0.5) is 4.39 Å². The predicted octanol–water partition coefficient (Wildman–Crippen LogP) is 1.09. The highest BCUT2D eigenvalue weighted by atomic mass is 32.2. The molecule has 0 unspecified atom stereocenters. The van der Waals surface area contributed by atoms with E-state index in [-0.39, 0.29) is 42.5 Å². The first kappa shape index (κ1) is 17.8. The summed E-state index contributed by atoms with van der Waals surface area (Å²) in [5.41, 5.74) is -1.16. The monoisotopic (exact) mass is 450 g/mol. The highest BCUT2D eigenvalue weighted by Crippen LogP contribution is 2.34. The maximum absolute atomic E-state index is 15.5. The van der Waals surface area contributed by atoms with Gasteiger partial charge in [0.1, 0.15) is 5.75 Å². The molecule has 0 saturated carbocycles. The molecule has 0 radical (unpaired) electrons. The van der Waals surface area contributed by atoms with Crippen LogP contribution < -0.4 is 4.74 Å². The van der Waals surface area contributed by atoms with Gasteiger partial charge in [0.25, 0.3) is 15.9 Å². The number of sulfonamides is 1. The molecule has 1 N–H and O–H groups in total. The van der Waals surface area contributed by atoms with E-state index in [2.05, 4.69) is 4.98 Å². The third-order valence-electron chi connectivity index (χ3n) is 5.50. The summed E-state index contributed by atoms with van der Waals surface area (Å²) in [6.45, 7) is -0.875. The van der Waals surface area contributed by atoms with Gasteiger partial charge in [-0.1, -0.05) is 30.3 Å². The molecule has 3 heterocycles. The Hall–Kier alpha value is -2.82. The van der Waals surface area contributed by atoms with E-state index in [9.17, 15) is 18.3 Å². The van der Waals surface area contributed by atoms with E-state index in [1.165, 1.54) is 27.4 Å². The number of methoxy groups -OCH3 is 1. The number of ether oxygens (including phenoxy) is 1. The summed E-state index contributed by atoms with van der Waals surface area (Å²) in [7, 11) is -6.67. The Labute approximate surface area is 183 Å². The van der Waals surface area contributed by atoms with Gasteiger partial charge in [0.05, 0.1) is 24.0 Å². The Morgan fingerprint density at radius 2 is 1.87 bits per heavy atom. The molecule has 2 aliphatic heterocycles. The van der Waals surface area contributed by atoms with E-state index in [0.29, 0.717) is 11.1 Å². The van der Waals surface area contributed by atoms with Gasteiger partial charge in [-0.3, -0.25) is 4.79 Å². The zero-order valence-corrected chi connectivity index (χ0v) is 17.2. The van der Waals surface area contributed by atoms with Crippen molar-refractivity contribution < 1.29 is 31.6 Å². The van der Waals surface area contributed by atoms with Gasteiger partial charge >= 0.3 is 0 Å². The molecule has 1 atom stereocenters. The Balaban J connectivity index is 1.43. The molecule has 1 aromatic heterocycles. The molecule has 0 spiro atoms. The van der Waals surface area contributed by atoms with Crippen molar-refractivity contribution in [2.45, 2.75) is 10.7 Å². The highest BCUT2D eigenvalue weighted by Gasteiger charge is 2.46. The van der Waals surface area contributed by atoms with Gasteiger partial charge in [0.15, 0.2) is 5.03 Å². The molecule has 164 valence electrons. The van der Waals surface area contributed by atoms with Gasteiger partial charge in [-0.2, -0.15) is 4.31 Å². The summed E-state index contributed by atoms with van der Waals surface area (Å²) in [6.07, 6.45) is 1.02. The Kier molecular flexibility index (Phi) is 4.61. The summed E-state index contributed by atoms with van der Waals surface area (Å²) in [6, 6.07) is 10.1. The fourth-order valence-corrected chi connectivity index (χ4v) is 5.15. The lowest BCUT2D eigenvalue weighted by Crippen LogP contribution is -2.47. The van der Waals surface area contributed by atoms with Crippen molar-refractivity contribution in [3.8, 4) is 5.75 Å². The summed E-state index contributed by atoms with van der Waals surface area (Å²) in [5, 5.41) is 9.39. The Morgan fingerprint density at radius 3 is 2.42 bits per heavy atom. The molecule has 0 fully saturated rings. The second-order valence-electron chi connectivity index (χ2n) is 7.40. The van der Waals surface area contributed by atoms with Gasteiger partial charge in [0.2, 0.25) is 5.67 Å². The van der Waals surface area contributed by atoms with Crippen molar-refractivity contribution in [1.82, 2.24) is 14.2 Å². The number of hydrogen-bond donors (Lipinski definition) is 1. The van der Waals surface area contributed by atoms with Crippen molar-refractivity contribution in [2.75, 3.05) is 39.8 Å². The molecule has 1 aromatic carbocycles.